The highest BCUT2D eigenvalue weighted by Crippen LogP contribution is 2.59. The van der Waals surface area contributed by atoms with E-state index in [4.69, 9.17) is 9.84 Å². The van der Waals surface area contributed by atoms with Gasteiger partial charge in [0.15, 0.2) is 0 Å². The van der Waals surface area contributed by atoms with Crippen molar-refractivity contribution in [1.29, 1.82) is 0 Å². The van der Waals surface area contributed by atoms with E-state index in [-0.39, 0.29) is 11.3 Å². The van der Waals surface area contributed by atoms with Gasteiger partial charge in [-0.05, 0) is 31.6 Å². The average Bonchev–Trinajstić information content (AvgIpc) is 2.77. The summed E-state index contributed by atoms with van der Waals surface area (Å²) >= 11 is 0. The predicted octanol–water partition coefficient (Wildman–Crippen LogP) is 2.63. The quantitative estimate of drug-likeness (QED) is 0.605. The summed E-state index contributed by atoms with van der Waals surface area (Å²) in [6, 6.07) is 0. The summed E-state index contributed by atoms with van der Waals surface area (Å²) in [5.41, 5.74) is -0.754. The second-order valence-electron chi connectivity index (χ2n) is 6.06. The second-order valence-corrected chi connectivity index (χ2v) is 6.06. The molecule has 0 aromatic rings. The molecule has 2 atom stereocenters. The molecule has 18 heavy (non-hydrogen) atoms. The van der Waals surface area contributed by atoms with Crippen LogP contribution in [-0.2, 0) is 14.3 Å². The van der Waals surface area contributed by atoms with E-state index in [1.807, 2.05) is 34.6 Å². The van der Waals surface area contributed by atoms with Crippen molar-refractivity contribution in [1.82, 2.24) is 0 Å². The predicted molar refractivity (Wildman–Crippen MR) is 68.0 cm³/mol. The van der Waals surface area contributed by atoms with Gasteiger partial charge in [-0.25, -0.2) is 4.79 Å². The molecule has 0 radical (unpaired) electrons. The molecule has 0 aromatic carbocycles. The Hall–Kier alpha value is -1.32. The number of ether oxygens (including phenoxy) is 1. The van der Waals surface area contributed by atoms with Crippen molar-refractivity contribution in [3.05, 3.63) is 12.2 Å². The van der Waals surface area contributed by atoms with E-state index in [0.29, 0.717) is 0 Å². The molecule has 4 heteroatoms. The summed E-state index contributed by atoms with van der Waals surface area (Å²) in [4.78, 5) is 22.5. The lowest BCUT2D eigenvalue weighted by Gasteiger charge is -2.22. The highest BCUT2D eigenvalue weighted by Gasteiger charge is 2.60. The summed E-state index contributed by atoms with van der Waals surface area (Å²) in [5, 5.41) is 9.00. The van der Waals surface area contributed by atoms with E-state index in [2.05, 4.69) is 0 Å². The number of rotatable bonds is 5. The maximum absolute atomic E-state index is 11.6. The Balaban J connectivity index is 2.57. The van der Waals surface area contributed by atoms with Crippen molar-refractivity contribution in [2.24, 2.45) is 17.3 Å². The van der Waals surface area contributed by atoms with Gasteiger partial charge in [0, 0.05) is 6.08 Å². The molecule has 1 aliphatic rings. The molecule has 1 N–H and O–H groups in total. The molecule has 4 nitrogen and oxygen atoms in total. The molecule has 0 aliphatic heterocycles. The van der Waals surface area contributed by atoms with E-state index in [9.17, 15) is 9.59 Å². The summed E-state index contributed by atoms with van der Waals surface area (Å²) in [7, 11) is 0. The molecular formula is C14H22O4. The number of hydrogen-bond acceptors (Lipinski definition) is 3. The smallest absolute Gasteiger partial charge is 0.330 e. The van der Waals surface area contributed by atoms with E-state index in [1.165, 1.54) is 6.08 Å². The number of aliphatic carboxylic acids is 1. The normalized spacial score (nSPS) is 26.1. The Kier molecular flexibility index (Phi) is 3.89. The largest absolute Gasteiger partial charge is 0.481 e. The zero-order valence-corrected chi connectivity index (χ0v) is 11.7. The van der Waals surface area contributed by atoms with Crippen molar-refractivity contribution in [3.63, 3.8) is 0 Å². The van der Waals surface area contributed by atoms with Crippen LogP contribution < -0.4 is 0 Å². The molecular weight excluding hydrogens is 232 g/mol. The zero-order valence-electron chi connectivity index (χ0n) is 11.7. The zero-order chi connectivity index (χ0) is 14.1. The van der Waals surface area contributed by atoms with Crippen LogP contribution in [0.3, 0.4) is 0 Å². The topological polar surface area (TPSA) is 63.6 Å². The van der Waals surface area contributed by atoms with Crippen LogP contribution in [0.5, 0.6) is 0 Å². The SMILES string of the molecule is CCC(C)(C)OC(=O)/C=C/C1C(C(=O)O)C1(C)C. The van der Waals surface area contributed by atoms with Crippen molar-refractivity contribution in [2.75, 3.05) is 0 Å². The lowest BCUT2D eigenvalue weighted by Crippen LogP contribution is -2.26. The first-order chi connectivity index (χ1) is 8.12. The van der Waals surface area contributed by atoms with Crippen LogP contribution in [0.1, 0.15) is 41.0 Å². The highest BCUT2D eigenvalue weighted by atomic mass is 16.6. The fourth-order valence-corrected chi connectivity index (χ4v) is 2.07. The minimum absolute atomic E-state index is 0.0905. The third kappa shape index (κ3) is 3.12. The van der Waals surface area contributed by atoms with Crippen LogP contribution in [-0.4, -0.2) is 22.6 Å². The number of esters is 1. The molecule has 0 bridgehead atoms. The Bertz CT molecular complexity index is 379. The lowest BCUT2D eigenvalue weighted by atomic mass is 10.1. The number of carboxylic acid groups (broad SMARTS) is 1. The van der Waals surface area contributed by atoms with E-state index >= 15 is 0 Å². The maximum Gasteiger partial charge on any atom is 0.330 e. The molecule has 0 heterocycles. The standard InChI is InChI=1S/C14H22O4/c1-6-13(2,3)18-10(15)8-7-9-11(12(16)17)14(9,4)5/h7-9,11H,6H2,1-5H3,(H,16,17)/b8-7+. The molecule has 1 saturated carbocycles. The second kappa shape index (κ2) is 4.75. The van der Waals surface area contributed by atoms with Crippen LogP contribution in [0.2, 0.25) is 0 Å². The summed E-state index contributed by atoms with van der Waals surface area (Å²) in [5.74, 6) is -1.71. The molecule has 1 fully saturated rings. The average molecular weight is 254 g/mol. The maximum atomic E-state index is 11.6. The third-order valence-corrected chi connectivity index (χ3v) is 3.84. The number of carboxylic acids is 1. The number of hydrogen-bond donors (Lipinski definition) is 1. The van der Waals surface area contributed by atoms with E-state index < -0.39 is 23.5 Å². The van der Waals surface area contributed by atoms with E-state index in [1.54, 1.807) is 6.08 Å². The number of allylic oxidation sites excluding steroid dienone is 1. The van der Waals surface area contributed by atoms with Gasteiger partial charge in [-0.1, -0.05) is 26.8 Å². The van der Waals surface area contributed by atoms with Crippen LogP contribution >= 0.6 is 0 Å². The minimum Gasteiger partial charge on any atom is -0.481 e. The van der Waals surface area contributed by atoms with Gasteiger partial charge in [-0.2, -0.15) is 0 Å². The Morgan fingerprint density at radius 3 is 2.33 bits per heavy atom. The Labute approximate surface area is 108 Å². The van der Waals surface area contributed by atoms with Gasteiger partial charge in [0.2, 0.25) is 0 Å². The van der Waals surface area contributed by atoms with Gasteiger partial charge in [0.05, 0.1) is 5.92 Å². The first-order valence-corrected chi connectivity index (χ1v) is 6.26. The van der Waals surface area contributed by atoms with Gasteiger partial charge >= 0.3 is 11.9 Å². The van der Waals surface area contributed by atoms with Gasteiger partial charge < -0.3 is 9.84 Å². The fraction of sp³-hybridized carbons (Fsp3) is 0.714. The molecule has 0 saturated heterocycles. The Morgan fingerprint density at radius 1 is 1.39 bits per heavy atom. The fourth-order valence-electron chi connectivity index (χ4n) is 2.07. The van der Waals surface area contributed by atoms with Crippen LogP contribution in [0.15, 0.2) is 12.2 Å². The molecule has 102 valence electrons. The summed E-state index contributed by atoms with van der Waals surface area (Å²) in [6.07, 6.45) is 3.75. The number of carbonyl (C=O) groups is 2. The van der Waals surface area contributed by atoms with Crippen molar-refractivity contribution in [2.45, 2.75) is 46.6 Å². The van der Waals surface area contributed by atoms with Crippen LogP contribution in [0.25, 0.3) is 0 Å². The van der Waals surface area contributed by atoms with Crippen molar-refractivity contribution in [3.8, 4) is 0 Å². The molecule has 0 spiro atoms. The first kappa shape index (κ1) is 14.7. The minimum atomic E-state index is -0.808. The number of carbonyl (C=O) groups excluding carboxylic acids is 1. The van der Waals surface area contributed by atoms with Gasteiger partial charge in [0.25, 0.3) is 0 Å². The third-order valence-electron chi connectivity index (χ3n) is 3.84. The Morgan fingerprint density at radius 2 is 1.94 bits per heavy atom. The van der Waals surface area contributed by atoms with Crippen LogP contribution in [0, 0.1) is 17.3 Å². The molecule has 1 aliphatic carbocycles. The molecule has 0 amide bonds. The molecule has 0 aromatic heterocycles. The summed E-state index contributed by atoms with van der Waals surface area (Å²) < 4.78 is 5.26. The highest BCUT2D eigenvalue weighted by molar-refractivity contribution is 5.83. The van der Waals surface area contributed by atoms with Crippen LogP contribution in [0.4, 0.5) is 0 Å². The van der Waals surface area contributed by atoms with Crippen molar-refractivity contribution < 1.29 is 19.4 Å². The monoisotopic (exact) mass is 254 g/mol. The summed E-state index contributed by atoms with van der Waals surface area (Å²) in [6.45, 7) is 9.42. The van der Waals surface area contributed by atoms with Gasteiger partial charge in [-0.3, -0.25) is 4.79 Å². The molecule has 1 rings (SSSR count). The first-order valence-electron chi connectivity index (χ1n) is 6.26. The lowest BCUT2D eigenvalue weighted by molar-refractivity contribution is -0.150. The van der Waals surface area contributed by atoms with Gasteiger partial charge in [-0.15, -0.1) is 0 Å². The molecule has 2 unspecified atom stereocenters. The van der Waals surface area contributed by atoms with E-state index in [0.717, 1.165) is 6.42 Å². The van der Waals surface area contributed by atoms with Crippen molar-refractivity contribution >= 4 is 11.9 Å². The van der Waals surface area contributed by atoms with Gasteiger partial charge in [0.1, 0.15) is 5.60 Å².